The number of nitrogens with two attached hydrogens (primary N) is 1. The van der Waals surface area contributed by atoms with Gasteiger partial charge in [-0.2, -0.15) is 11.8 Å². The van der Waals surface area contributed by atoms with Gasteiger partial charge < -0.3 is 10.8 Å². The van der Waals surface area contributed by atoms with Crippen LogP contribution in [0.5, 0.6) is 0 Å². The van der Waals surface area contributed by atoms with E-state index in [0.29, 0.717) is 0 Å². The van der Waals surface area contributed by atoms with Crippen LogP contribution in [0.3, 0.4) is 0 Å². The van der Waals surface area contributed by atoms with Gasteiger partial charge in [-0.25, -0.2) is 0 Å². The lowest BCUT2D eigenvalue weighted by molar-refractivity contribution is 0.279. The van der Waals surface area contributed by atoms with Gasteiger partial charge in [-0.05, 0) is 18.6 Å². The third kappa shape index (κ3) is 6.36. The first-order valence-corrected chi connectivity index (χ1v) is 6.29. The Bertz CT molecular complexity index is 111. The van der Waals surface area contributed by atoms with E-state index in [0.717, 1.165) is 18.6 Å². The van der Waals surface area contributed by atoms with Crippen LogP contribution in [0.4, 0.5) is 0 Å². The molecule has 80 valence electrons. The summed E-state index contributed by atoms with van der Waals surface area (Å²) >= 11 is 1.82. The van der Waals surface area contributed by atoms with Gasteiger partial charge in [0.1, 0.15) is 0 Å². The second-order valence-corrected chi connectivity index (χ2v) is 4.74. The Hall–Kier alpha value is 0.270. The fraction of sp³-hybridized carbons (Fsp3) is 1.00. The summed E-state index contributed by atoms with van der Waals surface area (Å²) in [4.78, 5) is 0. The van der Waals surface area contributed by atoms with Crippen molar-refractivity contribution in [1.82, 2.24) is 0 Å². The number of hydrogen-bond donors (Lipinski definition) is 2. The molecule has 2 atom stereocenters. The molecule has 0 aliphatic rings. The summed E-state index contributed by atoms with van der Waals surface area (Å²) in [6, 6.07) is 0.164. The van der Waals surface area contributed by atoms with Gasteiger partial charge >= 0.3 is 0 Å². The molecule has 0 amide bonds. The molecule has 0 saturated carbocycles. The molecule has 0 aliphatic carbocycles. The monoisotopic (exact) mass is 205 g/mol. The average molecular weight is 205 g/mol. The van der Waals surface area contributed by atoms with Crippen molar-refractivity contribution in [1.29, 1.82) is 0 Å². The van der Waals surface area contributed by atoms with Gasteiger partial charge in [-0.15, -0.1) is 0 Å². The lowest BCUT2D eigenvalue weighted by atomic mass is 10.1. The summed E-state index contributed by atoms with van der Waals surface area (Å²) in [6.45, 7) is 4.53. The highest BCUT2D eigenvalue weighted by Crippen LogP contribution is 2.17. The molecule has 0 bridgehead atoms. The third-order valence-corrected chi connectivity index (χ3v) is 3.56. The van der Waals surface area contributed by atoms with Gasteiger partial charge in [0.15, 0.2) is 0 Å². The Morgan fingerprint density at radius 3 is 2.46 bits per heavy atom. The first-order chi connectivity index (χ1) is 6.26. The Kier molecular flexibility index (Phi) is 9.03. The van der Waals surface area contributed by atoms with Crippen LogP contribution in [0.15, 0.2) is 0 Å². The molecule has 0 fully saturated rings. The zero-order valence-electron chi connectivity index (χ0n) is 8.83. The van der Waals surface area contributed by atoms with Crippen LogP contribution >= 0.6 is 11.8 Å². The van der Waals surface area contributed by atoms with E-state index in [1.54, 1.807) is 0 Å². The second kappa shape index (κ2) is 8.85. The number of hydrogen-bond acceptors (Lipinski definition) is 3. The number of unbranched alkanes of at least 4 members (excludes halogenated alkanes) is 1. The zero-order valence-corrected chi connectivity index (χ0v) is 9.65. The van der Waals surface area contributed by atoms with E-state index in [1.807, 2.05) is 11.8 Å². The predicted molar refractivity (Wildman–Crippen MR) is 61.1 cm³/mol. The fourth-order valence-corrected chi connectivity index (χ4v) is 2.46. The number of aliphatic hydroxyl groups is 1. The van der Waals surface area contributed by atoms with Gasteiger partial charge in [0.2, 0.25) is 0 Å². The van der Waals surface area contributed by atoms with Crippen molar-refractivity contribution in [3.05, 3.63) is 0 Å². The Balaban J connectivity index is 3.60. The first-order valence-electron chi connectivity index (χ1n) is 5.24. The molecule has 3 heteroatoms. The highest BCUT2D eigenvalue weighted by atomic mass is 32.2. The largest absolute Gasteiger partial charge is 0.395 e. The molecule has 3 N–H and O–H groups in total. The minimum Gasteiger partial charge on any atom is -0.395 e. The molecular formula is C10H23NOS. The molecule has 0 aromatic rings. The van der Waals surface area contributed by atoms with Gasteiger partial charge in [0.25, 0.3) is 0 Å². The summed E-state index contributed by atoms with van der Waals surface area (Å²) < 4.78 is 0. The molecule has 0 saturated heterocycles. The van der Waals surface area contributed by atoms with Crippen LogP contribution in [0.2, 0.25) is 0 Å². The van der Waals surface area contributed by atoms with Crippen molar-refractivity contribution >= 4 is 11.8 Å². The molecule has 0 rings (SSSR count). The highest BCUT2D eigenvalue weighted by Gasteiger charge is 2.15. The van der Waals surface area contributed by atoms with E-state index in [4.69, 9.17) is 10.8 Å². The van der Waals surface area contributed by atoms with Crippen LogP contribution in [-0.2, 0) is 0 Å². The lowest BCUT2D eigenvalue weighted by Crippen LogP contribution is -2.35. The lowest BCUT2D eigenvalue weighted by Gasteiger charge is -2.20. The molecule has 0 radical (unpaired) electrons. The maximum atomic E-state index is 9.12. The molecule has 2 nitrogen and oxygen atoms in total. The van der Waals surface area contributed by atoms with Gasteiger partial charge in [-0.3, -0.25) is 0 Å². The number of aliphatic hydroxyl groups excluding tert-OH is 1. The SMILES string of the molecule is CCCCSC(CO)C(N)CCC. The summed E-state index contributed by atoms with van der Waals surface area (Å²) in [6.07, 6.45) is 4.56. The molecule has 0 aromatic heterocycles. The molecule has 0 aliphatic heterocycles. The second-order valence-electron chi connectivity index (χ2n) is 3.40. The molecule has 0 aromatic carbocycles. The van der Waals surface area contributed by atoms with Crippen LogP contribution in [0, 0.1) is 0 Å². The normalized spacial score (nSPS) is 15.7. The average Bonchev–Trinajstić information content (AvgIpc) is 2.13. The van der Waals surface area contributed by atoms with Crippen LogP contribution in [0.25, 0.3) is 0 Å². The van der Waals surface area contributed by atoms with Crippen LogP contribution in [-0.4, -0.2) is 28.8 Å². The number of rotatable bonds is 8. The standard InChI is InChI=1S/C10H23NOS/c1-3-5-7-13-10(8-12)9(11)6-4-2/h9-10,12H,3-8,11H2,1-2H3. The topological polar surface area (TPSA) is 46.2 Å². The van der Waals surface area contributed by atoms with Crippen molar-refractivity contribution in [2.24, 2.45) is 5.73 Å². The maximum absolute atomic E-state index is 9.12. The minimum atomic E-state index is 0.164. The summed E-state index contributed by atoms with van der Waals surface area (Å²) in [5.41, 5.74) is 5.94. The van der Waals surface area contributed by atoms with Crippen LogP contribution < -0.4 is 5.73 Å². The summed E-state index contributed by atoms with van der Waals surface area (Å²) in [5, 5.41) is 9.36. The molecule has 0 spiro atoms. The van der Waals surface area contributed by atoms with Gasteiger partial charge in [0.05, 0.1) is 6.61 Å². The van der Waals surface area contributed by atoms with Crippen molar-refractivity contribution in [2.75, 3.05) is 12.4 Å². The molecule has 13 heavy (non-hydrogen) atoms. The van der Waals surface area contributed by atoms with Crippen molar-refractivity contribution in [2.45, 2.75) is 50.8 Å². The third-order valence-electron chi connectivity index (χ3n) is 2.11. The summed E-state index contributed by atoms with van der Waals surface area (Å²) in [7, 11) is 0. The Morgan fingerprint density at radius 2 is 2.00 bits per heavy atom. The van der Waals surface area contributed by atoms with E-state index in [9.17, 15) is 0 Å². The quantitative estimate of drug-likeness (QED) is 0.596. The van der Waals surface area contributed by atoms with E-state index in [-0.39, 0.29) is 17.9 Å². The van der Waals surface area contributed by atoms with Gasteiger partial charge in [-0.1, -0.05) is 26.7 Å². The van der Waals surface area contributed by atoms with Crippen molar-refractivity contribution in [3.63, 3.8) is 0 Å². The smallest absolute Gasteiger partial charge is 0.0565 e. The Labute approximate surface area is 86.3 Å². The highest BCUT2D eigenvalue weighted by molar-refractivity contribution is 7.99. The zero-order chi connectivity index (χ0) is 10.1. The van der Waals surface area contributed by atoms with E-state index < -0.39 is 0 Å². The minimum absolute atomic E-state index is 0.164. The van der Waals surface area contributed by atoms with E-state index in [1.165, 1.54) is 12.8 Å². The fourth-order valence-electron chi connectivity index (χ4n) is 1.21. The molecule has 0 heterocycles. The summed E-state index contributed by atoms with van der Waals surface area (Å²) in [5.74, 6) is 1.12. The van der Waals surface area contributed by atoms with Crippen molar-refractivity contribution in [3.8, 4) is 0 Å². The van der Waals surface area contributed by atoms with E-state index in [2.05, 4.69) is 13.8 Å². The van der Waals surface area contributed by atoms with E-state index >= 15 is 0 Å². The molecular weight excluding hydrogens is 182 g/mol. The maximum Gasteiger partial charge on any atom is 0.0565 e. The van der Waals surface area contributed by atoms with Crippen LogP contribution in [0.1, 0.15) is 39.5 Å². The predicted octanol–water partition coefficient (Wildman–Crippen LogP) is 2.01. The first kappa shape index (κ1) is 13.3. The number of thioether (sulfide) groups is 1. The molecule has 2 unspecified atom stereocenters. The Morgan fingerprint density at radius 1 is 1.31 bits per heavy atom. The van der Waals surface area contributed by atoms with Crippen molar-refractivity contribution < 1.29 is 5.11 Å². The van der Waals surface area contributed by atoms with Gasteiger partial charge in [0, 0.05) is 11.3 Å².